The van der Waals surface area contributed by atoms with Crippen LogP contribution in [0.15, 0.2) is 54.7 Å². The summed E-state index contributed by atoms with van der Waals surface area (Å²) < 4.78 is 9.96. The van der Waals surface area contributed by atoms with Crippen LogP contribution in [-0.4, -0.2) is 48.0 Å². The molecule has 0 fully saturated rings. The van der Waals surface area contributed by atoms with Crippen molar-refractivity contribution in [1.82, 2.24) is 9.88 Å². The number of methoxy groups -OCH3 is 1. The van der Waals surface area contributed by atoms with E-state index in [-0.39, 0.29) is 12.5 Å². The molecule has 0 saturated carbocycles. The molecular weight excluding hydrogens is 396 g/mol. The lowest BCUT2D eigenvalue weighted by atomic mass is 10.0. The lowest BCUT2D eigenvalue weighted by Crippen LogP contribution is -2.28. The Balaban J connectivity index is 1.72. The first-order chi connectivity index (χ1) is 15.0. The predicted octanol–water partition coefficient (Wildman–Crippen LogP) is 3.56. The topological polar surface area (TPSA) is 88.7 Å². The van der Waals surface area contributed by atoms with E-state index in [9.17, 15) is 14.4 Å². The average molecular weight is 418 g/mol. The summed E-state index contributed by atoms with van der Waals surface area (Å²) >= 11 is 0. The first-order valence-corrected chi connectivity index (χ1v) is 10.0. The third-order valence-corrected chi connectivity index (χ3v) is 5.28. The number of nitrogens with one attached hydrogen (secondary N) is 1. The van der Waals surface area contributed by atoms with Crippen LogP contribution >= 0.6 is 0 Å². The highest BCUT2D eigenvalue weighted by Crippen LogP contribution is 2.31. The first kappa shape index (κ1) is 20.4. The van der Waals surface area contributed by atoms with Crippen LogP contribution in [0.5, 0.6) is 0 Å². The Morgan fingerprint density at radius 3 is 2.42 bits per heavy atom. The lowest BCUT2D eigenvalue weighted by Gasteiger charge is -2.18. The molecule has 1 aliphatic rings. The molecule has 0 spiro atoms. The molecule has 0 radical (unpaired) electrons. The zero-order valence-corrected chi connectivity index (χ0v) is 17.3. The predicted molar refractivity (Wildman–Crippen MR) is 115 cm³/mol. The highest BCUT2D eigenvalue weighted by Gasteiger charge is 2.27. The van der Waals surface area contributed by atoms with E-state index in [1.807, 2.05) is 24.3 Å². The molecule has 1 amide bonds. The number of H-pyrrole nitrogens is 1. The minimum Gasteiger partial charge on any atom is -0.465 e. The molecule has 0 unspecified atom stereocenters. The Labute approximate surface area is 179 Å². The van der Waals surface area contributed by atoms with Gasteiger partial charge in [0, 0.05) is 29.2 Å². The Hall–Kier alpha value is -3.87. The van der Waals surface area contributed by atoms with Gasteiger partial charge in [-0.1, -0.05) is 18.2 Å². The summed E-state index contributed by atoms with van der Waals surface area (Å²) in [5, 5.41) is 1.02. The second kappa shape index (κ2) is 8.47. The molecule has 0 aliphatic carbocycles. The standard InChI is InChI=1S/C24H22N2O5/c1-3-31-24(29)19-14-26(22(27)15-8-10-16(11-9-15)23(28)30-2)13-12-18-17-6-4-5-7-20(17)25-21(18)19/h4-11,14,25H,3,12-13H2,1-2H3. The maximum Gasteiger partial charge on any atom is 0.341 e. The number of amides is 1. The largest absolute Gasteiger partial charge is 0.465 e. The maximum atomic E-state index is 13.2. The van der Waals surface area contributed by atoms with Crippen molar-refractivity contribution >= 4 is 34.3 Å². The van der Waals surface area contributed by atoms with Crippen LogP contribution in [0, 0.1) is 0 Å². The van der Waals surface area contributed by atoms with Gasteiger partial charge in [0.15, 0.2) is 0 Å². The smallest absolute Gasteiger partial charge is 0.341 e. The van der Waals surface area contributed by atoms with Crippen LogP contribution < -0.4 is 0 Å². The fourth-order valence-electron chi connectivity index (χ4n) is 3.76. The summed E-state index contributed by atoms with van der Waals surface area (Å²) in [7, 11) is 1.30. The number of carbonyl (C=O) groups is 3. The van der Waals surface area contributed by atoms with E-state index in [2.05, 4.69) is 4.98 Å². The third-order valence-electron chi connectivity index (χ3n) is 5.28. The molecule has 2 aromatic carbocycles. The van der Waals surface area contributed by atoms with Gasteiger partial charge in [0.05, 0.1) is 30.5 Å². The molecule has 1 N–H and O–H groups in total. The Morgan fingerprint density at radius 2 is 1.71 bits per heavy atom. The molecule has 7 heteroatoms. The van der Waals surface area contributed by atoms with E-state index in [0.717, 1.165) is 16.5 Å². The van der Waals surface area contributed by atoms with E-state index in [1.165, 1.54) is 12.0 Å². The molecule has 7 nitrogen and oxygen atoms in total. The normalized spacial score (nSPS) is 13.2. The number of fused-ring (bicyclic) bond motifs is 3. The Morgan fingerprint density at radius 1 is 1.00 bits per heavy atom. The number of benzene rings is 2. The van der Waals surface area contributed by atoms with Gasteiger partial charge in [-0.25, -0.2) is 9.59 Å². The van der Waals surface area contributed by atoms with Crippen LogP contribution in [0.25, 0.3) is 16.5 Å². The molecule has 158 valence electrons. The summed E-state index contributed by atoms with van der Waals surface area (Å²) in [4.78, 5) is 42.4. The van der Waals surface area contributed by atoms with Crippen molar-refractivity contribution in [3.63, 3.8) is 0 Å². The van der Waals surface area contributed by atoms with Crippen molar-refractivity contribution in [2.45, 2.75) is 13.3 Å². The van der Waals surface area contributed by atoms with Crippen LogP contribution in [0.4, 0.5) is 0 Å². The van der Waals surface area contributed by atoms with Gasteiger partial charge in [0.1, 0.15) is 0 Å². The van der Waals surface area contributed by atoms with Gasteiger partial charge in [-0.3, -0.25) is 4.79 Å². The Kier molecular flexibility index (Phi) is 5.58. The maximum absolute atomic E-state index is 13.2. The van der Waals surface area contributed by atoms with Crippen LogP contribution in [0.1, 0.15) is 38.9 Å². The molecule has 3 aromatic rings. The summed E-state index contributed by atoms with van der Waals surface area (Å²) in [5.74, 6) is -1.23. The number of rotatable bonds is 4. The number of aromatic nitrogens is 1. The summed E-state index contributed by atoms with van der Waals surface area (Å²) in [5.41, 5.74) is 3.66. The Bertz CT molecular complexity index is 1190. The molecule has 1 aliphatic heterocycles. The van der Waals surface area contributed by atoms with Gasteiger partial charge in [0.25, 0.3) is 5.91 Å². The molecule has 2 heterocycles. The number of hydrogen-bond donors (Lipinski definition) is 1. The number of hydrogen-bond acceptors (Lipinski definition) is 5. The monoisotopic (exact) mass is 418 g/mol. The van der Waals surface area contributed by atoms with Crippen molar-refractivity contribution in [3.05, 3.63) is 77.1 Å². The van der Waals surface area contributed by atoms with Crippen molar-refractivity contribution in [1.29, 1.82) is 0 Å². The second-order valence-electron chi connectivity index (χ2n) is 7.10. The zero-order chi connectivity index (χ0) is 22.0. The van der Waals surface area contributed by atoms with E-state index < -0.39 is 11.9 Å². The molecule has 0 atom stereocenters. The molecule has 31 heavy (non-hydrogen) atoms. The number of ether oxygens (including phenoxy) is 2. The average Bonchev–Trinajstić information content (AvgIpc) is 3.05. The fraction of sp³-hybridized carbons (Fsp3) is 0.208. The second-order valence-corrected chi connectivity index (χ2v) is 7.10. The van der Waals surface area contributed by atoms with Crippen LogP contribution in [0.2, 0.25) is 0 Å². The molecule has 0 saturated heterocycles. The van der Waals surface area contributed by atoms with Crippen molar-refractivity contribution in [2.24, 2.45) is 0 Å². The van der Waals surface area contributed by atoms with E-state index in [1.54, 1.807) is 37.4 Å². The SMILES string of the molecule is CCOC(=O)C1=CN(C(=O)c2ccc(C(=O)OC)cc2)CCc2c1[nH]c1ccccc21. The van der Waals surface area contributed by atoms with E-state index in [0.29, 0.717) is 35.4 Å². The van der Waals surface area contributed by atoms with Crippen molar-refractivity contribution < 1.29 is 23.9 Å². The van der Waals surface area contributed by atoms with Crippen LogP contribution in [0.3, 0.4) is 0 Å². The quantitative estimate of drug-likeness (QED) is 0.655. The van der Waals surface area contributed by atoms with E-state index >= 15 is 0 Å². The van der Waals surface area contributed by atoms with Gasteiger partial charge in [-0.2, -0.15) is 0 Å². The molecular formula is C24H22N2O5. The summed E-state index contributed by atoms with van der Waals surface area (Å²) in [6.45, 7) is 2.37. The zero-order valence-electron chi connectivity index (χ0n) is 17.3. The highest BCUT2D eigenvalue weighted by molar-refractivity contribution is 6.18. The lowest BCUT2D eigenvalue weighted by molar-refractivity contribution is -0.136. The van der Waals surface area contributed by atoms with Crippen molar-refractivity contribution in [2.75, 3.05) is 20.3 Å². The minimum atomic E-state index is -0.490. The summed E-state index contributed by atoms with van der Waals surface area (Å²) in [6.07, 6.45) is 2.13. The van der Waals surface area contributed by atoms with Gasteiger partial charge < -0.3 is 19.4 Å². The number of para-hydroxylation sites is 1. The van der Waals surface area contributed by atoms with Gasteiger partial charge in [-0.15, -0.1) is 0 Å². The highest BCUT2D eigenvalue weighted by atomic mass is 16.5. The van der Waals surface area contributed by atoms with Crippen LogP contribution in [-0.2, 0) is 20.7 Å². The number of aromatic amines is 1. The number of carbonyl (C=O) groups excluding carboxylic acids is 3. The fourth-order valence-corrected chi connectivity index (χ4v) is 3.76. The van der Waals surface area contributed by atoms with Gasteiger partial charge in [-0.05, 0) is 49.2 Å². The minimum absolute atomic E-state index is 0.231. The van der Waals surface area contributed by atoms with E-state index in [4.69, 9.17) is 9.47 Å². The number of nitrogens with zero attached hydrogens (tertiary/aromatic N) is 1. The van der Waals surface area contributed by atoms with Gasteiger partial charge in [0.2, 0.25) is 0 Å². The first-order valence-electron chi connectivity index (χ1n) is 10.0. The molecule has 4 rings (SSSR count). The van der Waals surface area contributed by atoms with Crippen molar-refractivity contribution in [3.8, 4) is 0 Å². The third kappa shape index (κ3) is 3.82. The molecule has 0 bridgehead atoms. The van der Waals surface area contributed by atoms with Gasteiger partial charge >= 0.3 is 11.9 Å². The molecule has 1 aromatic heterocycles. The number of esters is 2. The summed E-state index contributed by atoms with van der Waals surface area (Å²) in [6, 6.07) is 14.1.